The maximum Gasteiger partial charge on any atom is 0.223 e. The van der Waals surface area contributed by atoms with Crippen molar-refractivity contribution in [3.8, 4) is 22.5 Å². The number of benzene rings is 1. The van der Waals surface area contributed by atoms with Crippen LogP contribution in [0.15, 0.2) is 54.7 Å². The third-order valence-corrected chi connectivity index (χ3v) is 4.95. The Morgan fingerprint density at radius 2 is 1.66 bits per heavy atom. The summed E-state index contributed by atoms with van der Waals surface area (Å²) in [4.78, 5) is 8.93. The molecule has 4 N–H and O–H groups in total. The molecule has 0 saturated heterocycles. The minimum atomic E-state index is -0.317. The summed E-state index contributed by atoms with van der Waals surface area (Å²) in [6.45, 7) is 1.34. The first kappa shape index (κ1) is 21.7. The fourth-order valence-electron chi connectivity index (χ4n) is 3.42. The minimum Gasteiger partial charge on any atom is -0.396 e. The van der Waals surface area contributed by atoms with Crippen LogP contribution in [0.1, 0.15) is 12.8 Å². The standard InChI is InChI=1S/C23H25FN6O2/c24-17-8-6-16(7-9-17)22-21(18-10-13-27-23(28-18)26-12-3-15-32)19-4-1-5-20(30(19)29-22)25-11-2-14-31/h1,4-10,13,25,31-32H,2-3,11-12,14-15H2,(H,26,27,28). The molecule has 0 fully saturated rings. The Morgan fingerprint density at radius 1 is 0.906 bits per heavy atom. The van der Waals surface area contributed by atoms with Crippen molar-refractivity contribution in [3.05, 3.63) is 60.5 Å². The molecule has 0 bridgehead atoms. The monoisotopic (exact) mass is 436 g/mol. The van der Waals surface area contributed by atoms with Crippen LogP contribution in [0.2, 0.25) is 0 Å². The number of aromatic nitrogens is 4. The van der Waals surface area contributed by atoms with Gasteiger partial charge in [-0.1, -0.05) is 6.07 Å². The zero-order chi connectivity index (χ0) is 22.3. The third kappa shape index (κ3) is 4.68. The molecule has 0 spiro atoms. The van der Waals surface area contributed by atoms with Gasteiger partial charge in [0, 0.05) is 38.1 Å². The summed E-state index contributed by atoms with van der Waals surface area (Å²) in [7, 11) is 0. The van der Waals surface area contributed by atoms with E-state index in [0.29, 0.717) is 43.3 Å². The number of rotatable bonds is 10. The number of aliphatic hydroxyl groups excluding tert-OH is 2. The average molecular weight is 436 g/mol. The van der Waals surface area contributed by atoms with Gasteiger partial charge in [0.15, 0.2) is 0 Å². The molecule has 0 radical (unpaired) electrons. The molecule has 0 aliphatic rings. The Bertz CT molecular complexity index is 1180. The molecule has 32 heavy (non-hydrogen) atoms. The van der Waals surface area contributed by atoms with Gasteiger partial charge < -0.3 is 20.8 Å². The van der Waals surface area contributed by atoms with Gasteiger partial charge in [0.1, 0.15) is 17.3 Å². The second-order valence-corrected chi connectivity index (χ2v) is 7.21. The number of hydrogen-bond donors (Lipinski definition) is 4. The lowest BCUT2D eigenvalue weighted by atomic mass is 10.0. The Labute approximate surface area is 184 Å². The van der Waals surface area contributed by atoms with Crippen molar-refractivity contribution >= 4 is 17.3 Å². The number of fused-ring (bicyclic) bond motifs is 1. The molecule has 0 aliphatic carbocycles. The molecule has 4 aromatic rings. The van der Waals surface area contributed by atoms with E-state index in [-0.39, 0.29) is 19.0 Å². The highest BCUT2D eigenvalue weighted by molar-refractivity contribution is 5.91. The maximum atomic E-state index is 13.6. The van der Waals surface area contributed by atoms with Crippen LogP contribution in [-0.2, 0) is 0 Å². The third-order valence-electron chi connectivity index (χ3n) is 4.95. The van der Waals surface area contributed by atoms with Crippen molar-refractivity contribution in [2.45, 2.75) is 12.8 Å². The van der Waals surface area contributed by atoms with E-state index in [2.05, 4.69) is 20.6 Å². The zero-order valence-corrected chi connectivity index (χ0v) is 17.5. The number of nitrogens with zero attached hydrogens (tertiary/aromatic N) is 4. The number of halogens is 1. The van der Waals surface area contributed by atoms with E-state index in [1.807, 2.05) is 24.3 Å². The number of hydrogen-bond acceptors (Lipinski definition) is 7. The molecule has 166 valence electrons. The van der Waals surface area contributed by atoms with Crippen molar-refractivity contribution in [1.29, 1.82) is 0 Å². The number of pyridine rings is 1. The van der Waals surface area contributed by atoms with E-state index in [9.17, 15) is 4.39 Å². The number of anilines is 2. The SMILES string of the molecule is OCCCNc1nccc(-c2c(-c3ccc(F)cc3)nn3c(NCCCO)cccc23)n1. The molecule has 4 rings (SSSR count). The van der Waals surface area contributed by atoms with Crippen LogP contribution in [0.4, 0.5) is 16.2 Å². The topological polar surface area (TPSA) is 108 Å². The Morgan fingerprint density at radius 3 is 2.41 bits per heavy atom. The van der Waals surface area contributed by atoms with Crippen LogP contribution >= 0.6 is 0 Å². The molecular weight excluding hydrogens is 411 g/mol. The molecule has 9 heteroatoms. The van der Waals surface area contributed by atoms with Gasteiger partial charge in [0.05, 0.1) is 16.8 Å². The molecule has 0 unspecified atom stereocenters. The summed E-state index contributed by atoms with van der Waals surface area (Å²) in [6.07, 6.45) is 2.88. The Kier molecular flexibility index (Phi) is 6.88. The average Bonchev–Trinajstić information content (AvgIpc) is 3.20. The summed E-state index contributed by atoms with van der Waals surface area (Å²) in [5, 5.41) is 29.4. The van der Waals surface area contributed by atoms with Gasteiger partial charge in [-0.25, -0.2) is 18.9 Å². The van der Waals surface area contributed by atoms with Gasteiger partial charge in [-0.3, -0.25) is 0 Å². The van der Waals surface area contributed by atoms with Crippen molar-refractivity contribution in [1.82, 2.24) is 19.6 Å². The van der Waals surface area contributed by atoms with Gasteiger partial charge in [-0.15, -0.1) is 0 Å². The van der Waals surface area contributed by atoms with Crippen LogP contribution in [0.5, 0.6) is 0 Å². The molecule has 0 atom stereocenters. The van der Waals surface area contributed by atoms with Crippen LogP contribution in [0, 0.1) is 5.82 Å². The molecule has 1 aromatic carbocycles. The lowest BCUT2D eigenvalue weighted by molar-refractivity contribution is 0.292. The van der Waals surface area contributed by atoms with Crippen molar-refractivity contribution in [3.63, 3.8) is 0 Å². The molecule has 3 heterocycles. The van der Waals surface area contributed by atoms with E-state index >= 15 is 0 Å². The van der Waals surface area contributed by atoms with Crippen molar-refractivity contribution < 1.29 is 14.6 Å². The number of aliphatic hydroxyl groups is 2. The number of nitrogens with one attached hydrogen (secondary N) is 2. The smallest absolute Gasteiger partial charge is 0.223 e. The van der Waals surface area contributed by atoms with Gasteiger partial charge in [-0.2, -0.15) is 5.10 Å². The van der Waals surface area contributed by atoms with Gasteiger partial charge >= 0.3 is 0 Å². The predicted molar refractivity (Wildman–Crippen MR) is 122 cm³/mol. The summed E-state index contributed by atoms with van der Waals surface area (Å²) < 4.78 is 15.4. The summed E-state index contributed by atoms with van der Waals surface area (Å²) in [6, 6.07) is 13.8. The molecule has 0 aliphatic heterocycles. The normalized spacial score (nSPS) is 11.1. The van der Waals surface area contributed by atoms with Crippen molar-refractivity contribution in [2.75, 3.05) is 36.9 Å². The molecule has 8 nitrogen and oxygen atoms in total. The summed E-state index contributed by atoms with van der Waals surface area (Å²) in [5.74, 6) is 0.918. The first-order chi connectivity index (χ1) is 15.7. The highest BCUT2D eigenvalue weighted by Gasteiger charge is 2.19. The second kappa shape index (κ2) is 10.2. The van der Waals surface area contributed by atoms with Crippen molar-refractivity contribution in [2.24, 2.45) is 0 Å². The second-order valence-electron chi connectivity index (χ2n) is 7.21. The molecule has 3 aromatic heterocycles. The van der Waals surface area contributed by atoms with Gasteiger partial charge in [0.2, 0.25) is 5.95 Å². The Hall–Kier alpha value is -3.56. The highest BCUT2D eigenvalue weighted by Crippen LogP contribution is 2.35. The zero-order valence-electron chi connectivity index (χ0n) is 17.5. The summed E-state index contributed by atoms with van der Waals surface area (Å²) >= 11 is 0. The van der Waals surface area contributed by atoms with Crippen LogP contribution in [0.3, 0.4) is 0 Å². The quantitative estimate of drug-likeness (QED) is 0.283. The lowest BCUT2D eigenvalue weighted by Gasteiger charge is -2.08. The molecule has 0 saturated carbocycles. The first-order valence-corrected chi connectivity index (χ1v) is 10.5. The van der Waals surface area contributed by atoms with E-state index in [0.717, 1.165) is 22.5 Å². The fraction of sp³-hybridized carbons (Fsp3) is 0.261. The van der Waals surface area contributed by atoms with Gasteiger partial charge in [0.25, 0.3) is 0 Å². The van der Waals surface area contributed by atoms with E-state index in [4.69, 9.17) is 15.3 Å². The summed E-state index contributed by atoms with van der Waals surface area (Å²) in [5.41, 5.74) is 3.74. The largest absolute Gasteiger partial charge is 0.396 e. The van der Waals surface area contributed by atoms with Gasteiger partial charge in [-0.05, 0) is 55.3 Å². The fourth-order valence-corrected chi connectivity index (χ4v) is 3.42. The Balaban J connectivity index is 1.84. The maximum absolute atomic E-state index is 13.6. The lowest BCUT2D eigenvalue weighted by Crippen LogP contribution is -2.07. The minimum absolute atomic E-state index is 0.0848. The van der Waals surface area contributed by atoms with E-state index < -0.39 is 0 Å². The van der Waals surface area contributed by atoms with Crippen LogP contribution in [-0.4, -0.2) is 56.1 Å². The first-order valence-electron chi connectivity index (χ1n) is 10.5. The van der Waals surface area contributed by atoms with E-state index in [1.165, 1.54) is 12.1 Å². The van der Waals surface area contributed by atoms with Crippen LogP contribution < -0.4 is 10.6 Å². The molecule has 0 amide bonds. The van der Waals surface area contributed by atoms with Crippen LogP contribution in [0.25, 0.3) is 28.0 Å². The highest BCUT2D eigenvalue weighted by atomic mass is 19.1. The predicted octanol–water partition coefficient (Wildman–Crippen LogP) is 3.19. The molecular formula is C23H25FN6O2. The van der Waals surface area contributed by atoms with E-state index in [1.54, 1.807) is 22.8 Å².